The van der Waals surface area contributed by atoms with E-state index >= 15 is 0 Å². The van der Waals surface area contributed by atoms with Crippen LogP contribution in [-0.2, 0) is 11.3 Å². The summed E-state index contributed by atoms with van der Waals surface area (Å²) in [4.78, 5) is 18.6. The number of nitrogens with zero attached hydrogens (tertiary/aromatic N) is 6. The lowest BCUT2D eigenvalue weighted by molar-refractivity contribution is -0.129. The Morgan fingerprint density at radius 3 is 2.74 bits per heavy atom. The highest BCUT2D eigenvalue weighted by molar-refractivity contribution is 7.99. The minimum atomic E-state index is 0.152. The number of thioether (sulfide) groups is 1. The Hall–Kier alpha value is -1.96. The van der Waals surface area contributed by atoms with E-state index < -0.39 is 0 Å². The Kier molecular flexibility index (Phi) is 3.99. The highest BCUT2D eigenvalue weighted by atomic mass is 32.2. The van der Waals surface area contributed by atoms with E-state index in [1.165, 1.54) is 11.8 Å². The number of aromatic nitrogens is 5. The molecule has 2 aliphatic rings. The van der Waals surface area contributed by atoms with Crippen LogP contribution in [-0.4, -0.2) is 47.8 Å². The number of hydrogen-bond donors (Lipinski definition) is 0. The molecule has 2 saturated carbocycles. The van der Waals surface area contributed by atoms with Crippen molar-refractivity contribution in [3.8, 4) is 0 Å². The first-order chi connectivity index (χ1) is 11.3. The van der Waals surface area contributed by atoms with Crippen molar-refractivity contribution in [3.05, 3.63) is 30.1 Å². The van der Waals surface area contributed by atoms with Gasteiger partial charge in [-0.3, -0.25) is 9.78 Å². The summed E-state index contributed by atoms with van der Waals surface area (Å²) in [6, 6.07) is 4.74. The van der Waals surface area contributed by atoms with E-state index in [2.05, 4.69) is 20.5 Å². The summed E-state index contributed by atoms with van der Waals surface area (Å²) in [5, 5.41) is 12.5. The highest BCUT2D eigenvalue weighted by Gasteiger charge is 2.33. The van der Waals surface area contributed by atoms with Gasteiger partial charge in [-0.05, 0) is 53.8 Å². The van der Waals surface area contributed by atoms with E-state index in [9.17, 15) is 4.79 Å². The first-order valence-electron chi connectivity index (χ1n) is 7.90. The molecule has 0 bridgehead atoms. The Bertz CT molecular complexity index is 682. The minimum absolute atomic E-state index is 0.152. The Morgan fingerprint density at radius 2 is 2.04 bits per heavy atom. The maximum absolute atomic E-state index is 12.6. The van der Waals surface area contributed by atoms with Gasteiger partial charge < -0.3 is 4.90 Å². The first-order valence-corrected chi connectivity index (χ1v) is 8.89. The van der Waals surface area contributed by atoms with Gasteiger partial charge in [-0.15, -0.1) is 5.10 Å². The van der Waals surface area contributed by atoms with Crippen LogP contribution < -0.4 is 0 Å². The standard InChI is InChI=1S/C15H18N6OS/c22-14(10-23-15-17-18-19-21(15)13-3-4-13)20(12-1-2-12)9-11-5-7-16-8-6-11/h5-8,12-13H,1-4,9-10H2. The summed E-state index contributed by atoms with van der Waals surface area (Å²) in [7, 11) is 0. The molecular weight excluding hydrogens is 312 g/mol. The van der Waals surface area contributed by atoms with Crippen LogP contribution in [0.25, 0.3) is 0 Å². The molecule has 2 aromatic rings. The van der Waals surface area contributed by atoms with Gasteiger partial charge in [0.25, 0.3) is 0 Å². The summed E-state index contributed by atoms with van der Waals surface area (Å²) in [6.07, 6.45) is 7.99. The SMILES string of the molecule is O=C(CSc1nnnn1C1CC1)N(Cc1ccncc1)C1CC1. The number of carbonyl (C=O) groups is 1. The van der Waals surface area contributed by atoms with Crippen LogP contribution in [0.3, 0.4) is 0 Å². The van der Waals surface area contributed by atoms with Crippen LogP contribution in [0.5, 0.6) is 0 Å². The number of rotatable bonds is 7. The van der Waals surface area contributed by atoms with Crippen molar-refractivity contribution in [1.82, 2.24) is 30.1 Å². The van der Waals surface area contributed by atoms with E-state index in [-0.39, 0.29) is 5.91 Å². The lowest BCUT2D eigenvalue weighted by atomic mass is 10.2. The average Bonchev–Trinajstić information content (AvgIpc) is 3.50. The summed E-state index contributed by atoms with van der Waals surface area (Å²) >= 11 is 1.44. The third-order valence-electron chi connectivity index (χ3n) is 4.09. The molecule has 0 N–H and O–H groups in total. The number of carbonyl (C=O) groups excluding carboxylic acids is 1. The summed E-state index contributed by atoms with van der Waals surface area (Å²) in [5.74, 6) is 0.536. The maximum atomic E-state index is 12.6. The van der Waals surface area contributed by atoms with Crippen molar-refractivity contribution < 1.29 is 4.79 Å². The molecule has 0 saturated heterocycles. The third kappa shape index (κ3) is 3.52. The second kappa shape index (κ2) is 6.27. The number of pyridine rings is 1. The molecule has 0 aliphatic heterocycles. The number of tetrazole rings is 1. The van der Waals surface area contributed by atoms with Crippen molar-refractivity contribution in [1.29, 1.82) is 0 Å². The topological polar surface area (TPSA) is 76.8 Å². The quantitative estimate of drug-likeness (QED) is 0.719. The summed E-state index contributed by atoms with van der Waals surface area (Å²) in [6.45, 7) is 0.653. The molecule has 4 rings (SSSR count). The van der Waals surface area contributed by atoms with Crippen LogP contribution in [0.15, 0.2) is 29.7 Å². The second-order valence-corrected chi connectivity index (χ2v) is 6.98. The van der Waals surface area contributed by atoms with E-state index in [1.54, 1.807) is 12.4 Å². The summed E-state index contributed by atoms with van der Waals surface area (Å²) in [5.41, 5.74) is 1.12. The molecule has 0 radical (unpaired) electrons. The number of amides is 1. The maximum Gasteiger partial charge on any atom is 0.233 e. The first kappa shape index (κ1) is 14.6. The number of hydrogen-bond acceptors (Lipinski definition) is 6. The van der Waals surface area contributed by atoms with Crippen LogP contribution in [0.1, 0.15) is 37.3 Å². The van der Waals surface area contributed by atoms with E-state index in [0.717, 1.165) is 36.4 Å². The largest absolute Gasteiger partial charge is 0.335 e. The van der Waals surface area contributed by atoms with Gasteiger partial charge in [0.15, 0.2) is 0 Å². The van der Waals surface area contributed by atoms with E-state index in [0.29, 0.717) is 24.4 Å². The van der Waals surface area contributed by atoms with Gasteiger partial charge in [0, 0.05) is 25.0 Å². The average molecular weight is 330 g/mol. The van der Waals surface area contributed by atoms with Gasteiger partial charge in [0.05, 0.1) is 11.8 Å². The molecule has 2 heterocycles. The fourth-order valence-electron chi connectivity index (χ4n) is 2.53. The highest BCUT2D eigenvalue weighted by Crippen LogP contribution is 2.36. The molecule has 2 fully saturated rings. The fraction of sp³-hybridized carbons (Fsp3) is 0.533. The van der Waals surface area contributed by atoms with Crippen molar-refractivity contribution in [2.75, 3.05) is 5.75 Å². The molecule has 8 heteroatoms. The van der Waals surface area contributed by atoms with Gasteiger partial charge in [-0.2, -0.15) is 0 Å². The molecular formula is C15H18N6OS. The molecule has 0 unspecified atom stereocenters. The Morgan fingerprint density at radius 1 is 1.26 bits per heavy atom. The van der Waals surface area contributed by atoms with Crippen LogP contribution in [0, 0.1) is 0 Å². The predicted octanol–water partition coefficient (Wildman–Crippen LogP) is 1.69. The monoisotopic (exact) mass is 330 g/mol. The molecule has 0 aromatic carbocycles. The van der Waals surface area contributed by atoms with Crippen LogP contribution in [0.4, 0.5) is 0 Å². The van der Waals surface area contributed by atoms with Crippen molar-refractivity contribution in [2.24, 2.45) is 0 Å². The Balaban J connectivity index is 1.38. The lowest BCUT2D eigenvalue weighted by Gasteiger charge is -2.22. The van der Waals surface area contributed by atoms with Crippen LogP contribution in [0.2, 0.25) is 0 Å². The van der Waals surface area contributed by atoms with Gasteiger partial charge in [-0.25, -0.2) is 4.68 Å². The molecule has 1 amide bonds. The van der Waals surface area contributed by atoms with E-state index in [4.69, 9.17) is 0 Å². The summed E-state index contributed by atoms with van der Waals surface area (Å²) < 4.78 is 1.85. The molecule has 0 spiro atoms. The minimum Gasteiger partial charge on any atom is -0.335 e. The Labute approximate surface area is 138 Å². The predicted molar refractivity (Wildman–Crippen MR) is 84.6 cm³/mol. The molecule has 7 nitrogen and oxygen atoms in total. The smallest absolute Gasteiger partial charge is 0.233 e. The van der Waals surface area contributed by atoms with Crippen molar-refractivity contribution in [3.63, 3.8) is 0 Å². The van der Waals surface area contributed by atoms with Crippen LogP contribution >= 0.6 is 11.8 Å². The molecule has 23 heavy (non-hydrogen) atoms. The van der Waals surface area contributed by atoms with Gasteiger partial charge in [0.2, 0.25) is 11.1 Å². The molecule has 120 valence electrons. The van der Waals surface area contributed by atoms with Crippen molar-refractivity contribution >= 4 is 17.7 Å². The second-order valence-electron chi connectivity index (χ2n) is 6.03. The molecule has 2 aromatic heterocycles. The zero-order valence-electron chi connectivity index (χ0n) is 12.7. The molecule has 2 aliphatic carbocycles. The van der Waals surface area contributed by atoms with Gasteiger partial charge in [-0.1, -0.05) is 11.8 Å². The van der Waals surface area contributed by atoms with Crippen molar-refractivity contribution in [2.45, 2.75) is 49.5 Å². The zero-order chi connectivity index (χ0) is 15.6. The van der Waals surface area contributed by atoms with Gasteiger partial charge >= 0.3 is 0 Å². The third-order valence-corrected chi connectivity index (χ3v) is 5.01. The zero-order valence-corrected chi connectivity index (χ0v) is 13.5. The lowest BCUT2D eigenvalue weighted by Crippen LogP contribution is -2.34. The van der Waals surface area contributed by atoms with E-state index in [1.807, 2.05) is 21.7 Å². The normalized spacial score (nSPS) is 17.2. The molecule has 0 atom stereocenters. The van der Waals surface area contributed by atoms with Gasteiger partial charge in [0.1, 0.15) is 0 Å². The fourth-order valence-corrected chi connectivity index (χ4v) is 3.36.